The molecule has 2 aliphatic rings. The van der Waals surface area contributed by atoms with Crippen LogP contribution in [0.3, 0.4) is 0 Å². The van der Waals surface area contributed by atoms with Crippen molar-refractivity contribution in [1.82, 2.24) is 5.32 Å². The molecule has 0 aromatic carbocycles. The van der Waals surface area contributed by atoms with Gasteiger partial charge in [0.15, 0.2) is 0 Å². The molecule has 0 aromatic rings. The smallest absolute Gasteiger partial charge is 0.310 e. The minimum absolute atomic E-state index is 0.186. The highest BCUT2D eigenvalue weighted by Crippen LogP contribution is 2.39. The summed E-state index contributed by atoms with van der Waals surface area (Å²) in [5, 5.41) is 12.2. The van der Waals surface area contributed by atoms with E-state index in [4.69, 9.17) is 4.74 Å². The zero-order valence-electron chi connectivity index (χ0n) is 12.7. The van der Waals surface area contributed by atoms with Gasteiger partial charge in [-0.05, 0) is 12.3 Å². The average Bonchev–Trinajstić information content (AvgIpc) is 3.07. The van der Waals surface area contributed by atoms with Crippen LogP contribution in [-0.2, 0) is 14.3 Å². The number of carbonyl (C=O) groups excluding carboxylic acids is 1. The van der Waals surface area contributed by atoms with Crippen LogP contribution in [0.25, 0.3) is 0 Å². The summed E-state index contributed by atoms with van der Waals surface area (Å²) in [4.78, 5) is 23.7. The van der Waals surface area contributed by atoms with Crippen LogP contribution in [0.15, 0.2) is 12.2 Å². The van der Waals surface area contributed by atoms with Crippen LogP contribution in [-0.4, -0.2) is 35.7 Å². The lowest BCUT2D eigenvalue weighted by Gasteiger charge is -2.22. The second-order valence-electron chi connectivity index (χ2n) is 6.00. The second kappa shape index (κ2) is 7.07. The number of ether oxygens (including phenoxy) is 1. The number of carboxylic acids is 1. The second-order valence-corrected chi connectivity index (χ2v) is 6.00. The molecule has 0 saturated carbocycles. The lowest BCUT2D eigenvalue weighted by molar-refractivity contribution is -0.146. The fourth-order valence-electron chi connectivity index (χ4n) is 3.22. The number of hydrogen-bond acceptors (Lipinski definition) is 3. The molecule has 2 aliphatic heterocycles. The van der Waals surface area contributed by atoms with Crippen molar-refractivity contribution >= 4 is 11.9 Å². The average molecular weight is 295 g/mol. The minimum Gasteiger partial charge on any atom is -0.481 e. The normalized spacial score (nSPS) is 31.3. The molecular weight excluding hydrogens is 270 g/mol. The molecule has 2 rings (SSSR count). The summed E-state index contributed by atoms with van der Waals surface area (Å²) in [6, 6.07) is 0. The van der Waals surface area contributed by atoms with Crippen molar-refractivity contribution in [1.29, 1.82) is 0 Å². The van der Waals surface area contributed by atoms with E-state index in [1.165, 1.54) is 0 Å². The highest BCUT2D eigenvalue weighted by Gasteiger charge is 2.53. The van der Waals surface area contributed by atoms with Crippen molar-refractivity contribution in [2.45, 2.75) is 51.7 Å². The van der Waals surface area contributed by atoms with E-state index >= 15 is 0 Å². The van der Waals surface area contributed by atoms with Crippen LogP contribution in [0, 0.1) is 17.8 Å². The lowest BCUT2D eigenvalue weighted by Crippen LogP contribution is -2.43. The molecular formula is C16H25NO4. The first-order valence-electron chi connectivity index (χ1n) is 7.92. The molecule has 5 atom stereocenters. The first kappa shape index (κ1) is 16.0. The van der Waals surface area contributed by atoms with Crippen molar-refractivity contribution in [2.75, 3.05) is 6.54 Å². The number of hydrogen-bond donors (Lipinski definition) is 2. The number of nitrogens with one attached hydrogen (secondary N) is 1. The molecule has 21 heavy (non-hydrogen) atoms. The molecule has 0 aromatic heterocycles. The third-order valence-electron chi connectivity index (χ3n) is 4.60. The summed E-state index contributed by atoms with van der Waals surface area (Å²) in [5.74, 6) is -2.02. The van der Waals surface area contributed by atoms with E-state index in [2.05, 4.69) is 19.2 Å². The number of aliphatic carboxylic acids is 1. The zero-order valence-corrected chi connectivity index (χ0v) is 12.7. The van der Waals surface area contributed by atoms with Crippen molar-refractivity contribution in [3.05, 3.63) is 12.2 Å². The SMILES string of the molecule is CCCC[C@H](CC)CNC(=O)[C@H]1[C@@H](C(=O)O)[C@@H]2C=C[C@@H]1O2. The summed E-state index contributed by atoms with van der Waals surface area (Å²) in [7, 11) is 0. The van der Waals surface area contributed by atoms with Gasteiger partial charge in [-0.15, -0.1) is 0 Å². The summed E-state index contributed by atoms with van der Waals surface area (Å²) in [6.45, 7) is 4.90. The third-order valence-corrected chi connectivity index (χ3v) is 4.60. The van der Waals surface area contributed by atoms with Gasteiger partial charge in [-0.2, -0.15) is 0 Å². The van der Waals surface area contributed by atoms with Gasteiger partial charge in [0, 0.05) is 6.54 Å². The lowest BCUT2D eigenvalue weighted by atomic mass is 9.82. The zero-order chi connectivity index (χ0) is 15.4. The summed E-state index contributed by atoms with van der Waals surface area (Å²) >= 11 is 0. The fourth-order valence-corrected chi connectivity index (χ4v) is 3.22. The van der Waals surface area contributed by atoms with E-state index in [0.717, 1.165) is 25.7 Å². The minimum atomic E-state index is -0.954. The monoisotopic (exact) mass is 295 g/mol. The Bertz CT molecular complexity index is 421. The largest absolute Gasteiger partial charge is 0.481 e. The molecule has 2 heterocycles. The summed E-state index contributed by atoms with van der Waals surface area (Å²) < 4.78 is 5.53. The van der Waals surface area contributed by atoms with Gasteiger partial charge in [-0.25, -0.2) is 0 Å². The maximum Gasteiger partial charge on any atom is 0.310 e. The van der Waals surface area contributed by atoms with Crippen LogP contribution >= 0.6 is 0 Å². The number of unbranched alkanes of at least 4 members (excludes halogenated alkanes) is 1. The molecule has 118 valence electrons. The highest BCUT2D eigenvalue weighted by molar-refractivity contribution is 5.87. The number of rotatable bonds is 8. The van der Waals surface area contributed by atoms with E-state index in [0.29, 0.717) is 12.5 Å². The van der Waals surface area contributed by atoms with Gasteiger partial charge in [0.1, 0.15) is 5.92 Å². The number of fused-ring (bicyclic) bond motifs is 2. The Morgan fingerprint density at radius 1 is 1.24 bits per heavy atom. The third kappa shape index (κ3) is 3.46. The first-order chi connectivity index (χ1) is 10.1. The van der Waals surface area contributed by atoms with Gasteiger partial charge in [-0.1, -0.05) is 45.3 Å². The Labute approximate surface area is 125 Å². The molecule has 1 saturated heterocycles. The quantitative estimate of drug-likeness (QED) is 0.671. The maximum atomic E-state index is 12.4. The van der Waals surface area contributed by atoms with E-state index in [1.807, 2.05) is 6.08 Å². The number of carboxylic acid groups (broad SMARTS) is 1. The molecule has 0 aliphatic carbocycles. The van der Waals surface area contributed by atoms with E-state index in [9.17, 15) is 14.7 Å². The number of amides is 1. The summed E-state index contributed by atoms with van der Waals surface area (Å²) in [5.41, 5.74) is 0. The van der Waals surface area contributed by atoms with Crippen LogP contribution in [0.4, 0.5) is 0 Å². The Balaban J connectivity index is 1.90. The predicted octanol–water partition coefficient (Wildman–Crippen LogP) is 1.97. The molecule has 5 heteroatoms. The van der Waals surface area contributed by atoms with Crippen LogP contribution in [0.2, 0.25) is 0 Å². The van der Waals surface area contributed by atoms with Crippen molar-refractivity contribution in [3.8, 4) is 0 Å². The van der Waals surface area contributed by atoms with Crippen LogP contribution in [0.5, 0.6) is 0 Å². The fraction of sp³-hybridized carbons (Fsp3) is 0.750. The van der Waals surface area contributed by atoms with Gasteiger partial charge in [0.05, 0.1) is 18.1 Å². The Morgan fingerprint density at radius 3 is 2.48 bits per heavy atom. The van der Waals surface area contributed by atoms with E-state index < -0.39 is 23.9 Å². The van der Waals surface area contributed by atoms with Crippen molar-refractivity contribution in [3.63, 3.8) is 0 Å². The van der Waals surface area contributed by atoms with Crippen molar-refractivity contribution < 1.29 is 19.4 Å². The molecule has 1 fully saturated rings. The van der Waals surface area contributed by atoms with Gasteiger partial charge in [-0.3, -0.25) is 9.59 Å². The van der Waals surface area contributed by atoms with E-state index in [1.54, 1.807) is 6.08 Å². The molecule has 1 amide bonds. The Hall–Kier alpha value is -1.36. The highest BCUT2D eigenvalue weighted by atomic mass is 16.5. The molecule has 2 N–H and O–H groups in total. The summed E-state index contributed by atoms with van der Waals surface area (Å²) in [6.07, 6.45) is 7.16. The van der Waals surface area contributed by atoms with Crippen LogP contribution < -0.4 is 5.32 Å². The van der Waals surface area contributed by atoms with Gasteiger partial charge in [0.2, 0.25) is 5.91 Å². The first-order valence-corrected chi connectivity index (χ1v) is 7.92. The van der Waals surface area contributed by atoms with Gasteiger partial charge >= 0.3 is 5.97 Å². The maximum absolute atomic E-state index is 12.4. The molecule has 0 radical (unpaired) electrons. The Kier molecular flexibility index (Phi) is 5.39. The van der Waals surface area contributed by atoms with E-state index in [-0.39, 0.29) is 12.0 Å². The molecule has 5 nitrogen and oxygen atoms in total. The predicted molar refractivity (Wildman–Crippen MR) is 78.7 cm³/mol. The van der Waals surface area contributed by atoms with Crippen molar-refractivity contribution in [2.24, 2.45) is 17.8 Å². The Morgan fingerprint density at radius 2 is 1.90 bits per heavy atom. The van der Waals surface area contributed by atoms with Gasteiger partial charge < -0.3 is 15.2 Å². The molecule has 2 bridgehead atoms. The molecule has 0 unspecified atom stereocenters. The topological polar surface area (TPSA) is 75.6 Å². The number of carbonyl (C=O) groups is 2. The van der Waals surface area contributed by atoms with Gasteiger partial charge in [0.25, 0.3) is 0 Å². The standard InChI is InChI=1S/C16H25NO4/c1-3-5-6-10(4-2)9-17-15(18)13-11-7-8-12(21-11)14(13)16(19)20/h7-8,10-14H,3-6,9H2,1-2H3,(H,17,18)(H,19,20)/t10-,11-,12-,13+,14-/m0/s1. The molecule has 0 spiro atoms. The van der Waals surface area contributed by atoms with Crippen LogP contribution in [0.1, 0.15) is 39.5 Å².